The number of carboxylic acids is 1. The Balaban J connectivity index is 1.93. The minimum Gasteiger partial charge on any atom is -0.506 e. The molecule has 0 radical (unpaired) electrons. The number of nitro groups is 1. The lowest BCUT2D eigenvalue weighted by Gasteiger charge is -2.20. The van der Waals surface area contributed by atoms with Gasteiger partial charge in [-0.1, -0.05) is 23.7 Å². The Morgan fingerprint density at radius 3 is 2.68 bits per heavy atom. The van der Waals surface area contributed by atoms with Crippen molar-refractivity contribution >= 4 is 23.3 Å². The van der Waals surface area contributed by atoms with E-state index in [1.807, 2.05) is 0 Å². The standard InChI is InChI=1S/C21H19ClN4O5/c22-17-13-5-6-14-18(24-25(8-2-7-23)19(14)21(28)29)16(13)10-15(20(17)27)11-3-1-4-12(9-11)26(30)31/h1,3-4,9-10,27H,2,5-8,23H2,(H,28,29). The summed E-state index contributed by atoms with van der Waals surface area (Å²) >= 11 is 6.48. The molecule has 0 amide bonds. The molecule has 0 saturated carbocycles. The number of nitrogens with zero attached hydrogens (tertiary/aromatic N) is 3. The molecule has 9 nitrogen and oxygen atoms in total. The first-order valence-corrected chi connectivity index (χ1v) is 10.0. The van der Waals surface area contributed by atoms with Crippen LogP contribution in [0.25, 0.3) is 22.4 Å². The van der Waals surface area contributed by atoms with E-state index in [1.54, 1.807) is 12.1 Å². The molecule has 0 fully saturated rings. The number of rotatable bonds is 6. The van der Waals surface area contributed by atoms with Crippen molar-refractivity contribution in [2.45, 2.75) is 25.8 Å². The zero-order valence-corrected chi connectivity index (χ0v) is 17.1. The molecule has 1 aromatic heterocycles. The summed E-state index contributed by atoms with van der Waals surface area (Å²) in [7, 11) is 0. The maximum absolute atomic E-state index is 11.9. The number of aryl methyl sites for hydroxylation is 1. The first kappa shape index (κ1) is 20.8. The van der Waals surface area contributed by atoms with Crippen LogP contribution in [-0.4, -0.2) is 37.4 Å². The molecule has 4 rings (SSSR count). The van der Waals surface area contributed by atoms with Crippen LogP contribution in [0.2, 0.25) is 5.02 Å². The molecular weight excluding hydrogens is 424 g/mol. The molecule has 0 unspecified atom stereocenters. The summed E-state index contributed by atoms with van der Waals surface area (Å²) in [6.45, 7) is 0.765. The van der Waals surface area contributed by atoms with Crippen LogP contribution < -0.4 is 5.73 Å². The number of aromatic carboxylic acids is 1. The average Bonchev–Trinajstić information content (AvgIpc) is 3.13. The van der Waals surface area contributed by atoms with Crippen LogP contribution in [0, 0.1) is 10.1 Å². The first-order chi connectivity index (χ1) is 14.8. The fourth-order valence-electron chi connectivity index (χ4n) is 3.99. The maximum Gasteiger partial charge on any atom is 0.354 e. The van der Waals surface area contributed by atoms with Gasteiger partial charge >= 0.3 is 5.97 Å². The highest BCUT2D eigenvalue weighted by Crippen LogP contribution is 2.46. The third-order valence-corrected chi connectivity index (χ3v) is 5.82. The van der Waals surface area contributed by atoms with Gasteiger partial charge in [0.05, 0.1) is 15.6 Å². The molecule has 2 aromatic carbocycles. The summed E-state index contributed by atoms with van der Waals surface area (Å²) in [6.07, 6.45) is 1.43. The van der Waals surface area contributed by atoms with Gasteiger partial charge < -0.3 is 15.9 Å². The van der Waals surface area contributed by atoms with E-state index in [-0.39, 0.29) is 22.2 Å². The molecule has 10 heteroatoms. The number of non-ortho nitro benzene ring substituents is 1. The normalized spacial score (nSPS) is 12.3. The van der Waals surface area contributed by atoms with Crippen LogP contribution >= 0.6 is 11.6 Å². The van der Waals surface area contributed by atoms with Crippen LogP contribution in [0.1, 0.15) is 28.0 Å². The van der Waals surface area contributed by atoms with Crippen LogP contribution in [0.3, 0.4) is 0 Å². The van der Waals surface area contributed by atoms with E-state index in [0.29, 0.717) is 65.9 Å². The number of aromatic nitrogens is 2. The smallest absolute Gasteiger partial charge is 0.354 e. The van der Waals surface area contributed by atoms with Gasteiger partial charge in [-0.2, -0.15) is 5.10 Å². The number of phenols is 1. The van der Waals surface area contributed by atoms with Gasteiger partial charge in [0.2, 0.25) is 0 Å². The van der Waals surface area contributed by atoms with E-state index in [1.165, 1.54) is 22.9 Å². The van der Waals surface area contributed by atoms with Crippen LogP contribution in [0.4, 0.5) is 5.69 Å². The van der Waals surface area contributed by atoms with Gasteiger partial charge in [0.15, 0.2) is 0 Å². The van der Waals surface area contributed by atoms with Crippen molar-refractivity contribution in [1.29, 1.82) is 0 Å². The van der Waals surface area contributed by atoms with E-state index in [0.717, 1.165) is 0 Å². The predicted molar refractivity (Wildman–Crippen MR) is 114 cm³/mol. The number of carboxylic acid groups (broad SMARTS) is 1. The number of hydrogen-bond donors (Lipinski definition) is 3. The lowest BCUT2D eigenvalue weighted by Crippen LogP contribution is -2.14. The number of nitro benzene ring substituents is 1. The Morgan fingerprint density at radius 2 is 2.00 bits per heavy atom. The highest BCUT2D eigenvalue weighted by molar-refractivity contribution is 6.34. The monoisotopic (exact) mass is 442 g/mol. The zero-order valence-electron chi connectivity index (χ0n) is 16.3. The van der Waals surface area contributed by atoms with Crippen LogP contribution in [0.15, 0.2) is 30.3 Å². The Kier molecular flexibility index (Phi) is 5.38. The lowest BCUT2D eigenvalue weighted by atomic mass is 9.86. The topological polar surface area (TPSA) is 145 Å². The van der Waals surface area contributed by atoms with Crippen molar-refractivity contribution in [2.75, 3.05) is 6.54 Å². The van der Waals surface area contributed by atoms with Crippen molar-refractivity contribution in [3.8, 4) is 28.1 Å². The van der Waals surface area contributed by atoms with Crippen molar-refractivity contribution < 1.29 is 19.9 Å². The number of aromatic hydroxyl groups is 1. The Labute approximate surface area is 181 Å². The number of halogens is 1. The Bertz CT molecular complexity index is 1220. The van der Waals surface area contributed by atoms with Gasteiger partial charge in [-0.3, -0.25) is 14.8 Å². The van der Waals surface area contributed by atoms with Gasteiger partial charge in [-0.05, 0) is 43.0 Å². The third-order valence-electron chi connectivity index (χ3n) is 5.42. The molecular formula is C21H19ClN4O5. The minimum absolute atomic E-state index is 0.120. The molecule has 3 aromatic rings. The fourth-order valence-corrected chi connectivity index (χ4v) is 4.28. The van der Waals surface area contributed by atoms with E-state index < -0.39 is 10.9 Å². The molecule has 1 aliphatic rings. The highest BCUT2D eigenvalue weighted by Gasteiger charge is 2.31. The summed E-state index contributed by atoms with van der Waals surface area (Å²) in [5, 5.41) is 36.3. The first-order valence-electron chi connectivity index (χ1n) is 9.66. The quantitative estimate of drug-likeness (QED) is 0.390. The van der Waals surface area contributed by atoms with Gasteiger partial charge in [-0.15, -0.1) is 0 Å². The zero-order chi connectivity index (χ0) is 22.3. The van der Waals surface area contributed by atoms with Gasteiger partial charge in [0, 0.05) is 35.4 Å². The van der Waals surface area contributed by atoms with Crippen molar-refractivity contribution in [3.63, 3.8) is 0 Å². The van der Waals surface area contributed by atoms with Crippen LogP contribution in [-0.2, 0) is 19.4 Å². The molecule has 0 atom stereocenters. The summed E-state index contributed by atoms with van der Waals surface area (Å²) in [6, 6.07) is 7.53. The predicted octanol–water partition coefficient (Wildman–Crippen LogP) is 3.63. The van der Waals surface area contributed by atoms with Crippen molar-refractivity contribution in [2.24, 2.45) is 5.73 Å². The Hall–Kier alpha value is -3.43. The number of nitrogens with two attached hydrogens (primary N) is 1. The fraction of sp³-hybridized carbons (Fsp3) is 0.238. The molecule has 0 bridgehead atoms. The molecule has 1 aliphatic carbocycles. The molecule has 0 spiro atoms. The molecule has 0 aliphatic heterocycles. The molecule has 31 heavy (non-hydrogen) atoms. The van der Waals surface area contributed by atoms with Crippen LogP contribution in [0.5, 0.6) is 5.75 Å². The summed E-state index contributed by atoms with van der Waals surface area (Å²) in [5.74, 6) is -1.25. The second-order valence-corrected chi connectivity index (χ2v) is 7.64. The second-order valence-electron chi connectivity index (χ2n) is 7.27. The Morgan fingerprint density at radius 1 is 1.26 bits per heavy atom. The number of benzene rings is 2. The largest absolute Gasteiger partial charge is 0.506 e. The lowest BCUT2D eigenvalue weighted by molar-refractivity contribution is -0.384. The van der Waals surface area contributed by atoms with Gasteiger partial charge in [0.25, 0.3) is 5.69 Å². The molecule has 0 saturated heterocycles. The van der Waals surface area contributed by atoms with E-state index >= 15 is 0 Å². The summed E-state index contributed by atoms with van der Waals surface area (Å²) < 4.78 is 1.45. The molecule has 160 valence electrons. The van der Waals surface area contributed by atoms with Gasteiger partial charge in [-0.25, -0.2) is 4.79 Å². The van der Waals surface area contributed by atoms with Gasteiger partial charge in [0.1, 0.15) is 11.4 Å². The van der Waals surface area contributed by atoms with Crippen molar-refractivity contribution in [1.82, 2.24) is 9.78 Å². The number of phenolic OH excluding ortho intramolecular Hbond substituents is 1. The number of hydrogen-bond acceptors (Lipinski definition) is 6. The molecule has 4 N–H and O–H groups in total. The van der Waals surface area contributed by atoms with Crippen molar-refractivity contribution in [3.05, 3.63) is 62.3 Å². The summed E-state index contributed by atoms with van der Waals surface area (Å²) in [5.41, 5.74) is 8.68. The second kappa shape index (κ2) is 8.01. The number of fused-ring (bicyclic) bond motifs is 3. The van der Waals surface area contributed by atoms with E-state index in [9.17, 15) is 25.1 Å². The highest BCUT2D eigenvalue weighted by atomic mass is 35.5. The van der Waals surface area contributed by atoms with E-state index in [2.05, 4.69) is 5.10 Å². The average molecular weight is 443 g/mol. The SMILES string of the molecule is NCCCn1nc2c(c1C(=O)O)CCc1c-2cc(-c2cccc([N+](=O)[O-])c2)c(O)c1Cl. The van der Waals surface area contributed by atoms with E-state index in [4.69, 9.17) is 17.3 Å². The minimum atomic E-state index is -1.07. The third kappa shape index (κ3) is 3.51. The molecule has 1 heterocycles. The maximum atomic E-state index is 11.9. The number of carbonyl (C=O) groups is 1. The summed E-state index contributed by atoms with van der Waals surface area (Å²) in [4.78, 5) is 22.6.